The monoisotopic (exact) mass is 402 g/mol. The number of allylic oxidation sites excluding steroid dienone is 2. The van der Waals surface area contributed by atoms with Crippen molar-refractivity contribution < 1.29 is 0 Å². The van der Waals surface area contributed by atoms with Crippen molar-refractivity contribution in [3.8, 4) is 17.1 Å². The molecule has 0 atom stereocenters. The predicted octanol–water partition coefficient (Wildman–Crippen LogP) is 5.98. The van der Waals surface area contributed by atoms with Gasteiger partial charge in [-0.15, -0.1) is 5.73 Å². The molecule has 2 aromatic carbocycles. The first-order valence-electron chi connectivity index (χ1n) is 8.61. The fourth-order valence-electron chi connectivity index (χ4n) is 3.43. The Morgan fingerprint density at radius 2 is 1.68 bits per heavy atom. The van der Waals surface area contributed by atoms with E-state index in [1.807, 2.05) is 48.6 Å². The standard InChI is InChI=1S/C22H12Cl2N4/c23-21-25-20(26-22(24)27-21)14-11-12-17-16-9-5-2-6-10-18(16)28(19(17)13-14)15-7-3-1-4-8-15/h1-5,7-13H. The first-order valence-corrected chi connectivity index (χ1v) is 9.37. The van der Waals surface area contributed by atoms with Gasteiger partial charge in [-0.05, 0) is 47.5 Å². The van der Waals surface area contributed by atoms with Gasteiger partial charge in [0, 0.05) is 28.3 Å². The van der Waals surface area contributed by atoms with Crippen LogP contribution in [0.4, 0.5) is 0 Å². The molecule has 2 aromatic heterocycles. The second-order valence-electron chi connectivity index (χ2n) is 6.24. The third kappa shape index (κ3) is 2.85. The van der Waals surface area contributed by atoms with Crippen LogP contribution in [0.1, 0.15) is 11.3 Å². The highest BCUT2D eigenvalue weighted by molar-refractivity contribution is 6.31. The van der Waals surface area contributed by atoms with E-state index in [0.717, 1.165) is 33.4 Å². The maximum absolute atomic E-state index is 5.97. The van der Waals surface area contributed by atoms with E-state index in [0.29, 0.717) is 5.82 Å². The van der Waals surface area contributed by atoms with Gasteiger partial charge in [0.15, 0.2) is 5.82 Å². The zero-order chi connectivity index (χ0) is 19.1. The maximum Gasteiger partial charge on any atom is 0.227 e. The minimum absolute atomic E-state index is 0.0697. The van der Waals surface area contributed by atoms with E-state index in [1.165, 1.54) is 0 Å². The number of rotatable bonds is 2. The first kappa shape index (κ1) is 17.0. The van der Waals surface area contributed by atoms with Gasteiger partial charge < -0.3 is 4.57 Å². The Morgan fingerprint density at radius 1 is 0.893 bits per heavy atom. The van der Waals surface area contributed by atoms with Crippen molar-refractivity contribution in [2.75, 3.05) is 0 Å². The van der Waals surface area contributed by atoms with Gasteiger partial charge in [-0.2, -0.15) is 15.0 Å². The summed E-state index contributed by atoms with van der Waals surface area (Å²) in [5.74, 6) is 0.439. The average Bonchev–Trinajstić information content (AvgIpc) is 2.83. The van der Waals surface area contributed by atoms with Crippen LogP contribution in [0.3, 0.4) is 0 Å². The fraction of sp³-hybridized carbons (Fsp3) is 0. The topological polar surface area (TPSA) is 43.6 Å². The minimum atomic E-state index is 0.0697. The molecule has 0 bridgehead atoms. The van der Waals surface area contributed by atoms with Crippen LogP contribution in [0.25, 0.3) is 40.1 Å². The molecule has 0 unspecified atom stereocenters. The van der Waals surface area contributed by atoms with E-state index >= 15 is 0 Å². The highest BCUT2D eigenvalue weighted by Gasteiger charge is 2.17. The van der Waals surface area contributed by atoms with E-state index in [2.05, 4.69) is 49.5 Å². The molecule has 0 aliphatic heterocycles. The number of aromatic nitrogens is 4. The Hall–Kier alpha value is -3.17. The first-order chi connectivity index (χ1) is 13.7. The molecule has 134 valence electrons. The summed E-state index contributed by atoms with van der Waals surface area (Å²) in [6.45, 7) is 0. The number of fused-ring (bicyclic) bond motifs is 3. The smallest absolute Gasteiger partial charge is 0.227 e. The Balaban J connectivity index is 1.84. The molecular formula is C22H12Cl2N4. The summed E-state index contributed by atoms with van der Waals surface area (Å²) < 4.78 is 2.20. The molecule has 1 aliphatic carbocycles. The van der Waals surface area contributed by atoms with E-state index in [9.17, 15) is 0 Å². The third-order valence-corrected chi connectivity index (χ3v) is 4.91. The van der Waals surface area contributed by atoms with Crippen LogP contribution in [0.2, 0.25) is 10.6 Å². The van der Waals surface area contributed by atoms with Gasteiger partial charge in [-0.25, -0.2) is 0 Å². The highest BCUT2D eigenvalue weighted by atomic mass is 35.5. The SMILES string of the molecule is Clc1nc(Cl)nc(-c2ccc3c4c(n(-c5ccccc5)c3c2)C=C=CC=C4)n1. The van der Waals surface area contributed by atoms with E-state index in [4.69, 9.17) is 23.2 Å². The summed E-state index contributed by atoms with van der Waals surface area (Å²) in [6, 6.07) is 16.3. The van der Waals surface area contributed by atoms with Crippen molar-refractivity contribution in [2.24, 2.45) is 0 Å². The van der Waals surface area contributed by atoms with Gasteiger partial charge in [0.05, 0.1) is 11.2 Å². The lowest BCUT2D eigenvalue weighted by Crippen LogP contribution is -1.97. The van der Waals surface area contributed by atoms with Crippen molar-refractivity contribution in [1.82, 2.24) is 19.5 Å². The molecule has 5 rings (SSSR count). The lowest BCUT2D eigenvalue weighted by atomic mass is 10.1. The molecule has 4 aromatic rings. The number of halogens is 2. The second-order valence-corrected chi connectivity index (χ2v) is 6.91. The lowest BCUT2D eigenvalue weighted by Gasteiger charge is -2.09. The predicted molar refractivity (Wildman–Crippen MR) is 114 cm³/mol. The number of nitrogens with zero attached hydrogens (tertiary/aromatic N) is 4. The largest absolute Gasteiger partial charge is 0.309 e. The molecule has 0 fully saturated rings. The Kier molecular flexibility index (Phi) is 4.10. The molecule has 0 radical (unpaired) electrons. The summed E-state index contributed by atoms with van der Waals surface area (Å²) in [5, 5.41) is 1.26. The molecule has 1 aliphatic rings. The molecule has 0 N–H and O–H groups in total. The van der Waals surface area contributed by atoms with Gasteiger partial charge >= 0.3 is 0 Å². The molecule has 0 saturated carbocycles. The summed E-state index contributed by atoms with van der Waals surface area (Å²) in [6.07, 6.45) is 8.00. The molecular weight excluding hydrogens is 391 g/mol. The minimum Gasteiger partial charge on any atom is -0.309 e. The molecule has 28 heavy (non-hydrogen) atoms. The number of hydrogen-bond acceptors (Lipinski definition) is 3. The molecule has 6 heteroatoms. The van der Waals surface area contributed by atoms with Crippen LogP contribution in [-0.4, -0.2) is 19.5 Å². The average molecular weight is 403 g/mol. The van der Waals surface area contributed by atoms with Crippen LogP contribution in [0, 0.1) is 0 Å². The molecule has 0 amide bonds. The van der Waals surface area contributed by atoms with Crippen LogP contribution in [-0.2, 0) is 0 Å². The zero-order valence-corrected chi connectivity index (χ0v) is 16.0. The van der Waals surface area contributed by atoms with Crippen molar-refractivity contribution >= 4 is 46.3 Å². The van der Waals surface area contributed by atoms with Crippen molar-refractivity contribution in [3.63, 3.8) is 0 Å². The number of hydrogen-bond donors (Lipinski definition) is 0. The van der Waals surface area contributed by atoms with Gasteiger partial charge in [0.1, 0.15) is 0 Å². The fourth-order valence-corrected chi connectivity index (χ4v) is 3.79. The molecule has 0 saturated heterocycles. The van der Waals surface area contributed by atoms with Crippen LogP contribution in [0.15, 0.2) is 66.4 Å². The zero-order valence-electron chi connectivity index (χ0n) is 14.5. The third-order valence-electron chi connectivity index (χ3n) is 4.57. The lowest BCUT2D eigenvalue weighted by molar-refractivity contribution is 1.06. The molecule has 2 heterocycles. The molecule has 4 nitrogen and oxygen atoms in total. The van der Waals surface area contributed by atoms with Crippen molar-refractivity contribution in [1.29, 1.82) is 0 Å². The Morgan fingerprint density at radius 3 is 2.46 bits per heavy atom. The van der Waals surface area contributed by atoms with E-state index in [-0.39, 0.29) is 10.6 Å². The van der Waals surface area contributed by atoms with Gasteiger partial charge in [-0.1, -0.05) is 42.5 Å². The van der Waals surface area contributed by atoms with Gasteiger partial charge in [0.25, 0.3) is 0 Å². The Bertz CT molecular complexity index is 1290. The quantitative estimate of drug-likeness (QED) is 0.387. The Labute approximate surface area is 171 Å². The number of para-hydroxylation sites is 1. The van der Waals surface area contributed by atoms with Crippen molar-refractivity contribution in [3.05, 3.63) is 88.2 Å². The van der Waals surface area contributed by atoms with Gasteiger partial charge in [0.2, 0.25) is 10.6 Å². The van der Waals surface area contributed by atoms with Crippen LogP contribution < -0.4 is 0 Å². The summed E-state index contributed by atoms with van der Waals surface area (Å²) in [7, 11) is 0. The van der Waals surface area contributed by atoms with E-state index < -0.39 is 0 Å². The van der Waals surface area contributed by atoms with Gasteiger partial charge in [-0.3, -0.25) is 0 Å². The van der Waals surface area contributed by atoms with Crippen molar-refractivity contribution in [2.45, 2.75) is 0 Å². The maximum atomic E-state index is 5.97. The number of benzene rings is 2. The normalized spacial score (nSPS) is 12.4. The van der Waals surface area contributed by atoms with Crippen LogP contribution in [0.5, 0.6) is 0 Å². The summed E-state index contributed by atoms with van der Waals surface area (Å²) >= 11 is 11.9. The highest BCUT2D eigenvalue weighted by Crippen LogP contribution is 2.34. The van der Waals surface area contributed by atoms with E-state index in [1.54, 1.807) is 0 Å². The van der Waals surface area contributed by atoms with Crippen LogP contribution >= 0.6 is 23.2 Å². The summed E-state index contributed by atoms with van der Waals surface area (Å²) in [4.78, 5) is 12.3. The molecule has 0 spiro atoms. The second kappa shape index (κ2) is 6.77. The summed E-state index contributed by atoms with van der Waals surface area (Å²) in [5.41, 5.74) is 8.32.